The van der Waals surface area contributed by atoms with Crippen LogP contribution in [0.4, 0.5) is 0 Å². The fourth-order valence-corrected chi connectivity index (χ4v) is 3.81. The van der Waals surface area contributed by atoms with E-state index in [9.17, 15) is 4.79 Å². The molecule has 1 fully saturated rings. The van der Waals surface area contributed by atoms with Crippen molar-refractivity contribution in [1.82, 2.24) is 9.96 Å². The normalized spacial score (nSPS) is 23.9. The van der Waals surface area contributed by atoms with Crippen LogP contribution < -0.4 is 4.74 Å². The molecule has 2 aromatic rings. The van der Waals surface area contributed by atoms with Crippen LogP contribution in [0.15, 0.2) is 65.2 Å². The zero-order valence-corrected chi connectivity index (χ0v) is 16.6. The van der Waals surface area contributed by atoms with Gasteiger partial charge in [-0.3, -0.25) is 14.5 Å². The molecule has 0 saturated carbocycles. The maximum Gasteiger partial charge on any atom is 0.251 e. The summed E-state index contributed by atoms with van der Waals surface area (Å²) in [5.74, 6) is 0.799. The molecule has 4 rings (SSSR count). The van der Waals surface area contributed by atoms with Crippen molar-refractivity contribution in [3.05, 3.63) is 76.3 Å². The van der Waals surface area contributed by atoms with Crippen LogP contribution in [-0.2, 0) is 16.1 Å². The minimum absolute atomic E-state index is 0.0317. The Labute approximate surface area is 167 Å². The van der Waals surface area contributed by atoms with Crippen molar-refractivity contribution >= 4 is 21.8 Å². The van der Waals surface area contributed by atoms with E-state index < -0.39 is 0 Å². The molecule has 0 spiro atoms. The third-order valence-corrected chi connectivity index (χ3v) is 5.46. The summed E-state index contributed by atoms with van der Waals surface area (Å²) >= 11 is 3.42. The van der Waals surface area contributed by atoms with Gasteiger partial charge in [0.05, 0.1) is 19.6 Å². The summed E-state index contributed by atoms with van der Waals surface area (Å²) in [7, 11) is 1.66. The number of amides is 1. The van der Waals surface area contributed by atoms with Gasteiger partial charge in [0.15, 0.2) is 0 Å². The Morgan fingerprint density at radius 3 is 2.59 bits per heavy atom. The first-order chi connectivity index (χ1) is 13.1. The predicted molar refractivity (Wildman–Crippen MR) is 106 cm³/mol. The fraction of sp³-hybridized carbons (Fsp3) is 0.286. The quantitative estimate of drug-likeness (QED) is 0.695. The van der Waals surface area contributed by atoms with Crippen molar-refractivity contribution in [2.75, 3.05) is 20.3 Å². The molecule has 2 heterocycles. The Morgan fingerprint density at radius 2 is 1.93 bits per heavy atom. The molecule has 0 N–H and O–H groups in total. The third kappa shape index (κ3) is 3.93. The van der Waals surface area contributed by atoms with E-state index in [1.54, 1.807) is 7.11 Å². The molecular weight excluding hydrogens is 408 g/mol. The molecule has 3 atom stereocenters. The lowest BCUT2D eigenvalue weighted by Gasteiger charge is -2.46. The van der Waals surface area contributed by atoms with Crippen molar-refractivity contribution in [2.24, 2.45) is 0 Å². The average Bonchev–Trinajstić information content (AvgIpc) is 2.69. The first kappa shape index (κ1) is 18.2. The summed E-state index contributed by atoms with van der Waals surface area (Å²) < 4.78 is 6.25. The van der Waals surface area contributed by atoms with Crippen molar-refractivity contribution in [3.8, 4) is 5.75 Å². The molecule has 140 valence electrons. The molecule has 27 heavy (non-hydrogen) atoms. The van der Waals surface area contributed by atoms with Gasteiger partial charge in [-0.1, -0.05) is 52.3 Å². The van der Waals surface area contributed by atoms with E-state index >= 15 is 0 Å². The van der Waals surface area contributed by atoms with Gasteiger partial charge in [-0.05, 0) is 35.4 Å². The topological polar surface area (TPSA) is 42.0 Å². The van der Waals surface area contributed by atoms with Gasteiger partial charge < -0.3 is 4.74 Å². The highest BCUT2D eigenvalue weighted by Crippen LogP contribution is 2.35. The van der Waals surface area contributed by atoms with Crippen LogP contribution in [0.2, 0.25) is 0 Å². The molecule has 3 unspecified atom stereocenters. The van der Waals surface area contributed by atoms with E-state index in [2.05, 4.69) is 39.0 Å². The van der Waals surface area contributed by atoms with Gasteiger partial charge in [0.25, 0.3) is 5.91 Å². The molecule has 0 aliphatic carbocycles. The monoisotopic (exact) mass is 428 g/mol. The van der Waals surface area contributed by atoms with Gasteiger partial charge in [-0.15, -0.1) is 0 Å². The number of methoxy groups -OCH3 is 1. The van der Waals surface area contributed by atoms with E-state index in [0.29, 0.717) is 13.1 Å². The van der Waals surface area contributed by atoms with Crippen LogP contribution in [0.25, 0.3) is 0 Å². The van der Waals surface area contributed by atoms with Gasteiger partial charge in [0.1, 0.15) is 18.5 Å². The minimum Gasteiger partial charge on any atom is -0.497 e. The molecule has 6 heteroatoms. The molecule has 2 aromatic carbocycles. The first-order valence-electron chi connectivity index (χ1n) is 8.90. The zero-order valence-electron chi connectivity index (χ0n) is 15.0. The average molecular weight is 429 g/mol. The lowest BCUT2D eigenvalue weighted by atomic mass is 9.96. The number of hydrogen-bond donors (Lipinski definition) is 0. The van der Waals surface area contributed by atoms with Crippen LogP contribution in [-0.4, -0.2) is 42.3 Å². The van der Waals surface area contributed by atoms with Crippen LogP contribution in [0.5, 0.6) is 5.75 Å². The molecule has 1 saturated heterocycles. The second kappa shape index (κ2) is 7.84. The summed E-state index contributed by atoms with van der Waals surface area (Å²) in [5, 5.41) is 1.50. The molecule has 1 amide bonds. The standard InChI is InChI=1S/C21H21BrN2O3/c1-26-18-10-6-16(7-11-18)21-19-3-2-12-23(21)14-24(27-19)20(25)13-15-4-8-17(22)9-5-15/h2-11,19,21H,12-14H2,1H3. The van der Waals surface area contributed by atoms with E-state index in [1.807, 2.05) is 42.5 Å². The number of ether oxygens (including phenoxy) is 1. The van der Waals surface area contributed by atoms with Gasteiger partial charge in [0.2, 0.25) is 0 Å². The number of nitrogens with zero attached hydrogens (tertiary/aromatic N) is 2. The molecule has 2 aliphatic heterocycles. The molecule has 2 bridgehead atoms. The Kier molecular flexibility index (Phi) is 5.29. The second-order valence-corrected chi connectivity index (χ2v) is 7.62. The Balaban J connectivity index is 1.48. The fourth-order valence-electron chi connectivity index (χ4n) is 3.54. The minimum atomic E-state index is -0.185. The summed E-state index contributed by atoms with van der Waals surface area (Å²) in [4.78, 5) is 21.0. The maximum atomic E-state index is 12.7. The molecular formula is C21H21BrN2O3. The van der Waals surface area contributed by atoms with Gasteiger partial charge >= 0.3 is 0 Å². The summed E-state index contributed by atoms with van der Waals surface area (Å²) in [6.07, 6.45) is 4.28. The summed E-state index contributed by atoms with van der Waals surface area (Å²) in [6, 6.07) is 15.9. The maximum absolute atomic E-state index is 12.7. The molecule has 0 aromatic heterocycles. The van der Waals surface area contributed by atoms with E-state index in [4.69, 9.17) is 9.57 Å². The Morgan fingerprint density at radius 1 is 1.19 bits per heavy atom. The Hall–Kier alpha value is -2.15. The number of carbonyl (C=O) groups is 1. The van der Waals surface area contributed by atoms with Crippen LogP contribution in [0, 0.1) is 0 Å². The lowest BCUT2D eigenvalue weighted by molar-refractivity contribution is -0.254. The first-order valence-corrected chi connectivity index (χ1v) is 9.69. The van der Waals surface area contributed by atoms with Crippen LogP contribution >= 0.6 is 15.9 Å². The smallest absolute Gasteiger partial charge is 0.251 e. The SMILES string of the molecule is COc1ccc(C2C3C=CCN2CN(C(=O)Cc2ccc(Br)cc2)O3)cc1. The number of rotatable bonds is 4. The van der Waals surface area contributed by atoms with Crippen molar-refractivity contribution in [1.29, 1.82) is 0 Å². The van der Waals surface area contributed by atoms with Crippen LogP contribution in [0.1, 0.15) is 17.2 Å². The van der Waals surface area contributed by atoms with Crippen molar-refractivity contribution in [2.45, 2.75) is 18.6 Å². The highest BCUT2D eigenvalue weighted by molar-refractivity contribution is 9.10. The highest BCUT2D eigenvalue weighted by atomic mass is 79.9. The highest BCUT2D eigenvalue weighted by Gasteiger charge is 2.39. The predicted octanol–water partition coefficient (Wildman–Crippen LogP) is 3.71. The molecule has 2 aliphatic rings. The van der Waals surface area contributed by atoms with E-state index in [-0.39, 0.29) is 18.1 Å². The van der Waals surface area contributed by atoms with Crippen LogP contribution in [0.3, 0.4) is 0 Å². The summed E-state index contributed by atoms with van der Waals surface area (Å²) in [6.45, 7) is 1.24. The Bertz CT molecular complexity index is 836. The van der Waals surface area contributed by atoms with Gasteiger partial charge in [-0.25, -0.2) is 5.06 Å². The number of benzene rings is 2. The number of carbonyl (C=O) groups excluding carboxylic acids is 1. The molecule has 0 radical (unpaired) electrons. The van der Waals surface area contributed by atoms with Crippen molar-refractivity contribution in [3.63, 3.8) is 0 Å². The number of fused-ring (bicyclic) bond motifs is 2. The number of hydroxylamine groups is 2. The molecule has 5 nitrogen and oxygen atoms in total. The van der Waals surface area contributed by atoms with E-state index in [1.165, 1.54) is 5.06 Å². The van der Waals surface area contributed by atoms with Crippen molar-refractivity contribution < 1.29 is 14.4 Å². The third-order valence-electron chi connectivity index (χ3n) is 4.93. The second-order valence-electron chi connectivity index (χ2n) is 6.70. The lowest BCUT2D eigenvalue weighted by Crippen LogP contribution is -2.55. The van der Waals surface area contributed by atoms with Gasteiger partial charge in [0, 0.05) is 11.0 Å². The largest absolute Gasteiger partial charge is 0.497 e. The van der Waals surface area contributed by atoms with E-state index in [0.717, 1.165) is 27.9 Å². The zero-order chi connectivity index (χ0) is 18.8. The number of halogens is 1. The summed E-state index contributed by atoms with van der Waals surface area (Å²) in [5.41, 5.74) is 2.13. The number of hydrogen-bond acceptors (Lipinski definition) is 4. The van der Waals surface area contributed by atoms with Gasteiger partial charge in [-0.2, -0.15) is 0 Å².